The Balaban J connectivity index is 2.77. The molecule has 9 heteroatoms. The molecule has 2 N–H and O–H groups in total. The summed E-state index contributed by atoms with van der Waals surface area (Å²) >= 11 is 0. The molecule has 2 amide bonds. The number of halogens is 3. The van der Waals surface area contributed by atoms with Crippen LogP contribution < -0.4 is 0 Å². The van der Waals surface area contributed by atoms with Gasteiger partial charge < -0.3 is 20.0 Å². The van der Waals surface area contributed by atoms with Crippen molar-refractivity contribution < 1.29 is 33.0 Å². The predicted octanol–water partition coefficient (Wildman–Crippen LogP) is 1.29. The molecule has 1 fully saturated rings. The van der Waals surface area contributed by atoms with Crippen LogP contribution in [0.1, 0.15) is 26.2 Å². The SMILES string of the molecule is CC1(O)CCCN(C(=O)N(CC(=O)O)CC(F)(F)F)CC1. The fourth-order valence-corrected chi connectivity index (χ4v) is 2.23. The number of urea groups is 1. The number of aliphatic hydroxyl groups is 1. The lowest BCUT2D eigenvalue weighted by molar-refractivity contribution is -0.149. The first-order chi connectivity index (χ1) is 9.50. The van der Waals surface area contributed by atoms with Crippen LogP contribution >= 0.6 is 0 Å². The standard InChI is InChI=1S/C12H19F3N2O4/c1-11(21)3-2-5-16(6-4-11)10(20)17(7-9(18)19)8-12(13,14)15/h21H,2-8H2,1H3,(H,18,19). The number of rotatable bonds is 3. The minimum absolute atomic E-state index is 0.0970. The molecule has 21 heavy (non-hydrogen) atoms. The van der Waals surface area contributed by atoms with Gasteiger partial charge in [0, 0.05) is 13.1 Å². The number of carboxylic acid groups (broad SMARTS) is 1. The van der Waals surface area contributed by atoms with Gasteiger partial charge in [0.15, 0.2) is 0 Å². The average Bonchev–Trinajstić information content (AvgIpc) is 2.46. The predicted molar refractivity (Wildman–Crippen MR) is 66.7 cm³/mol. The number of carbonyl (C=O) groups excluding carboxylic acids is 1. The lowest BCUT2D eigenvalue weighted by atomic mass is 9.98. The van der Waals surface area contributed by atoms with E-state index in [0.29, 0.717) is 12.8 Å². The van der Waals surface area contributed by atoms with Crippen molar-refractivity contribution in [2.75, 3.05) is 26.2 Å². The smallest absolute Gasteiger partial charge is 0.406 e. The molecule has 1 aliphatic rings. The zero-order valence-electron chi connectivity index (χ0n) is 11.7. The third-order valence-electron chi connectivity index (χ3n) is 3.30. The van der Waals surface area contributed by atoms with E-state index in [1.54, 1.807) is 6.92 Å². The van der Waals surface area contributed by atoms with E-state index >= 15 is 0 Å². The van der Waals surface area contributed by atoms with Gasteiger partial charge in [-0.3, -0.25) is 4.79 Å². The Kier molecular flexibility index (Phi) is 5.43. The van der Waals surface area contributed by atoms with E-state index in [9.17, 15) is 27.9 Å². The maximum absolute atomic E-state index is 12.4. The highest BCUT2D eigenvalue weighted by atomic mass is 19.4. The number of carboxylic acids is 1. The molecule has 0 aromatic carbocycles. The molecule has 1 rings (SSSR count). The van der Waals surface area contributed by atoms with Crippen molar-refractivity contribution in [3.63, 3.8) is 0 Å². The van der Waals surface area contributed by atoms with Crippen LogP contribution in [0.3, 0.4) is 0 Å². The Morgan fingerprint density at radius 1 is 1.29 bits per heavy atom. The van der Waals surface area contributed by atoms with Crippen molar-refractivity contribution in [1.82, 2.24) is 9.80 Å². The summed E-state index contributed by atoms with van der Waals surface area (Å²) in [6.45, 7) is -0.718. The molecule has 1 heterocycles. The molecule has 1 saturated heterocycles. The van der Waals surface area contributed by atoms with Crippen LogP contribution in [0.5, 0.6) is 0 Å². The third-order valence-corrected chi connectivity index (χ3v) is 3.30. The second-order valence-electron chi connectivity index (χ2n) is 5.49. The minimum atomic E-state index is -4.66. The van der Waals surface area contributed by atoms with E-state index in [-0.39, 0.29) is 24.4 Å². The van der Waals surface area contributed by atoms with Crippen LogP contribution in [-0.4, -0.2) is 70.0 Å². The molecule has 0 aromatic rings. The van der Waals surface area contributed by atoms with Gasteiger partial charge in [0.05, 0.1) is 5.60 Å². The van der Waals surface area contributed by atoms with Crippen molar-refractivity contribution in [2.45, 2.75) is 38.0 Å². The fraction of sp³-hybridized carbons (Fsp3) is 0.833. The zero-order valence-corrected chi connectivity index (χ0v) is 11.7. The van der Waals surface area contributed by atoms with Crippen molar-refractivity contribution in [1.29, 1.82) is 0 Å². The van der Waals surface area contributed by atoms with E-state index in [1.165, 1.54) is 0 Å². The van der Waals surface area contributed by atoms with Crippen LogP contribution in [0.4, 0.5) is 18.0 Å². The van der Waals surface area contributed by atoms with E-state index in [0.717, 1.165) is 4.90 Å². The lowest BCUT2D eigenvalue weighted by Crippen LogP contribution is -2.49. The zero-order chi connectivity index (χ0) is 16.3. The Hall–Kier alpha value is -1.51. The largest absolute Gasteiger partial charge is 0.480 e. The van der Waals surface area contributed by atoms with E-state index in [1.807, 2.05) is 0 Å². The molecule has 1 unspecified atom stereocenters. The fourth-order valence-electron chi connectivity index (χ4n) is 2.23. The highest BCUT2D eigenvalue weighted by molar-refractivity contribution is 5.80. The van der Waals surface area contributed by atoms with Gasteiger partial charge in [-0.2, -0.15) is 13.2 Å². The van der Waals surface area contributed by atoms with Gasteiger partial charge in [-0.25, -0.2) is 4.79 Å². The summed E-state index contributed by atoms with van der Waals surface area (Å²) in [6.07, 6.45) is -3.53. The molecule has 1 atom stereocenters. The first kappa shape index (κ1) is 17.5. The van der Waals surface area contributed by atoms with Gasteiger partial charge in [0.25, 0.3) is 0 Å². The number of hydrogen-bond acceptors (Lipinski definition) is 3. The Labute approximate surface area is 120 Å². The van der Waals surface area contributed by atoms with Gasteiger partial charge in [0.2, 0.25) is 0 Å². The topological polar surface area (TPSA) is 81.1 Å². The average molecular weight is 312 g/mol. The van der Waals surface area contributed by atoms with Crippen LogP contribution in [0.15, 0.2) is 0 Å². The third kappa shape index (κ3) is 6.19. The Morgan fingerprint density at radius 3 is 2.43 bits per heavy atom. The number of nitrogens with zero attached hydrogens (tertiary/aromatic N) is 2. The molecular formula is C12H19F3N2O4. The first-order valence-corrected chi connectivity index (χ1v) is 6.55. The summed E-state index contributed by atoms with van der Waals surface area (Å²) in [5, 5.41) is 18.5. The lowest BCUT2D eigenvalue weighted by Gasteiger charge is -2.29. The van der Waals surface area contributed by atoms with Crippen LogP contribution in [0, 0.1) is 0 Å². The quantitative estimate of drug-likeness (QED) is 0.823. The van der Waals surface area contributed by atoms with Crippen LogP contribution in [0.2, 0.25) is 0 Å². The Bertz CT molecular complexity index is 398. The molecule has 0 bridgehead atoms. The molecule has 0 radical (unpaired) electrons. The summed E-state index contributed by atoms with van der Waals surface area (Å²) in [5.74, 6) is -1.51. The molecule has 1 aliphatic heterocycles. The summed E-state index contributed by atoms with van der Waals surface area (Å²) < 4.78 is 37.3. The maximum atomic E-state index is 12.4. The van der Waals surface area contributed by atoms with E-state index < -0.39 is 36.9 Å². The molecule has 0 aromatic heterocycles. The van der Waals surface area contributed by atoms with Crippen molar-refractivity contribution >= 4 is 12.0 Å². The van der Waals surface area contributed by atoms with Crippen LogP contribution in [0.25, 0.3) is 0 Å². The second kappa shape index (κ2) is 6.50. The van der Waals surface area contributed by atoms with E-state index in [4.69, 9.17) is 5.11 Å². The van der Waals surface area contributed by atoms with Crippen molar-refractivity contribution in [3.05, 3.63) is 0 Å². The number of likely N-dealkylation sites (tertiary alicyclic amines) is 1. The molecule has 0 spiro atoms. The number of amides is 2. The van der Waals surface area contributed by atoms with Gasteiger partial charge in [-0.15, -0.1) is 0 Å². The van der Waals surface area contributed by atoms with Crippen molar-refractivity contribution in [3.8, 4) is 0 Å². The molecule has 0 saturated carbocycles. The molecular weight excluding hydrogens is 293 g/mol. The highest BCUT2D eigenvalue weighted by Crippen LogP contribution is 2.23. The monoisotopic (exact) mass is 312 g/mol. The number of hydrogen-bond donors (Lipinski definition) is 2. The van der Waals surface area contributed by atoms with Gasteiger partial charge in [0.1, 0.15) is 13.1 Å². The highest BCUT2D eigenvalue weighted by Gasteiger charge is 2.36. The van der Waals surface area contributed by atoms with Gasteiger partial charge in [-0.1, -0.05) is 0 Å². The number of carbonyl (C=O) groups is 2. The van der Waals surface area contributed by atoms with Crippen LogP contribution in [-0.2, 0) is 4.79 Å². The number of alkyl halides is 3. The summed E-state index contributed by atoms with van der Waals surface area (Å²) in [5.41, 5.74) is -0.962. The van der Waals surface area contributed by atoms with Gasteiger partial charge >= 0.3 is 18.2 Å². The van der Waals surface area contributed by atoms with E-state index in [2.05, 4.69) is 0 Å². The Morgan fingerprint density at radius 2 is 1.90 bits per heavy atom. The molecule has 0 aliphatic carbocycles. The molecule has 6 nitrogen and oxygen atoms in total. The number of aliphatic carboxylic acids is 1. The molecule has 122 valence electrons. The minimum Gasteiger partial charge on any atom is -0.480 e. The maximum Gasteiger partial charge on any atom is 0.406 e. The van der Waals surface area contributed by atoms with Gasteiger partial charge in [-0.05, 0) is 26.2 Å². The summed E-state index contributed by atoms with van der Waals surface area (Å²) in [4.78, 5) is 24.1. The summed E-state index contributed by atoms with van der Waals surface area (Å²) in [7, 11) is 0. The summed E-state index contributed by atoms with van der Waals surface area (Å²) in [6, 6.07) is -0.965. The second-order valence-corrected chi connectivity index (χ2v) is 5.49. The first-order valence-electron chi connectivity index (χ1n) is 6.55. The van der Waals surface area contributed by atoms with Crippen molar-refractivity contribution in [2.24, 2.45) is 0 Å². The normalized spacial score (nSPS) is 23.6.